The van der Waals surface area contributed by atoms with Crippen molar-refractivity contribution in [1.82, 2.24) is 0 Å². The number of ether oxygens (including phenoxy) is 2. The van der Waals surface area contributed by atoms with E-state index >= 15 is 0 Å². The number of hydrogen-bond donors (Lipinski definition) is 0. The van der Waals surface area contributed by atoms with Gasteiger partial charge >= 0.3 is 0 Å². The Kier molecular flexibility index (Phi) is 3.32. The van der Waals surface area contributed by atoms with Crippen molar-refractivity contribution < 1.29 is 9.47 Å². The molecule has 2 aliphatic rings. The Bertz CT molecular complexity index is 1250. The van der Waals surface area contributed by atoms with Crippen molar-refractivity contribution in [2.75, 3.05) is 0 Å². The second-order valence-corrected chi connectivity index (χ2v) is 7.60. The molecule has 0 amide bonds. The van der Waals surface area contributed by atoms with Crippen molar-refractivity contribution >= 4 is 11.6 Å². The number of fused-ring (bicyclic) bond motifs is 5. The van der Waals surface area contributed by atoms with Crippen LogP contribution in [-0.4, -0.2) is 0 Å². The molecule has 3 heteroatoms. The first-order valence-electron chi connectivity index (χ1n) is 9.25. The first-order chi connectivity index (χ1) is 13.7. The van der Waals surface area contributed by atoms with Crippen LogP contribution >= 0.6 is 11.6 Å². The van der Waals surface area contributed by atoms with Crippen LogP contribution in [0.2, 0.25) is 5.02 Å². The summed E-state index contributed by atoms with van der Waals surface area (Å²) >= 11 is 6.21. The predicted octanol–water partition coefficient (Wildman–Crippen LogP) is 7.48. The highest BCUT2D eigenvalue weighted by atomic mass is 35.5. The fourth-order valence-electron chi connectivity index (χ4n) is 4.04. The summed E-state index contributed by atoms with van der Waals surface area (Å²) in [6, 6.07) is 26.6. The number of halogens is 1. The van der Waals surface area contributed by atoms with E-state index in [0.29, 0.717) is 0 Å². The highest BCUT2D eigenvalue weighted by Crippen LogP contribution is 2.50. The Hall–Kier alpha value is -3.23. The Balaban J connectivity index is 1.41. The van der Waals surface area contributed by atoms with Crippen molar-refractivity contribution in [2.45, 2.75) is 6.42 Å². The molecule has 0 saturated carbocycles. The Morgan fingerprint density at radius 2 is 1.32 bits per heavy atom. The van der Waals surface area contributed by atoms with E-state index in [1.165, 1.54) is 22.3 Å². The number of benzene rings is 4. The monoisotopic (exact) mass is 382 g/mol. The van der Waals surface area contributed by atoms with Gasteiger partial charge in [0, 0.05) is 5.02 Å². The molecule has 0 N–H and O–H groups in total. The Morgan fingerprint density at radius 1 is 0.571 bits per heavy atom. The predicted molar refractivity (Wildman–Crippen MR) is 112 cm³/mol. The van der Waals surface area contributed by atoms with Crippen LogP contribution in [0.1, 0.15) is 11.1 Å². The van der Waals surface area contributed by atoms with Gasteiger partial charge in [-0.2, -0.15) is 0 Å². The van der Waals surface area contributed by atoms with Gasteiger partial charge in [-0.05, 0) is 76.2 Å². The summed E-state index contributed by atoms with van der Waals surface area (Å²) in [6.07, 6.45) is 0.884. The number of hydrogen-bond acceptors (Lipinski definition) is 2. The summed E-state index contributed by atoms with van der Waals surface area (Å²) in [5, 5.41) is 0.750. The van der Waals surface area contributed by atoms with E-state index in [4.69, 9.17) is 21.1 Å². The third-order valence-electron chi connectivity index (χ3n) is 5.40. The third kappa shape index (κ3) is 2.42. The number of rotatable bonds is 1. The maximum absolute atomic E-state index is 6.24. The summed E-state index contributed by atoms with van der Waals surface area (Å²) in [6.45, 7) is 0. The van der Waals surface area contributed by atoms with Gasteiger partial charge in [-0.1, -0.05) is 54.1 Å². The van der Waals surface area contributed by atoms with Gasteiger partial charge in [-0.3, -0.25) is 0 Å². The summed E-state index contributed by atoms with van der Waals surface area (Å²) in [4.78, 5) is 0. The molecule has 28 heavy (non-hydrogen) atoms. The second-order valence-electron chi connectivity index (χ2n) is 7.17. The molecule has 0 atom stereocenters. The molecule has 0 bridgehead atoms. The van der Waals surface area contributed by atoms with Crippen LogP contribution in [-0.2, 0) is 6.42 Å². The maximum atomic E-state index is 6.24. The van der Waals surface area contributed by atoms with E-state index < -0.39 is 0 Å². The molecule has 0 radical (unpaired) electrons. The van der Waals surface area contributed by atoms with Crippen molar-refractivity contribution in [1.29, 1.82) is 0 Å². The van der Waals surface area contributed by atoms with E-state index in [2.05, 4.69) is 36.4 Å². The fourth-order valence-corrected chi connectivity index (χ4v) is 4.21. The van der Waals surface area contributed by atoms with Crippen LogP contribution in [0, 0.1) is 0 Å². The fraction of sp³-hybridized carbons (Fsp3) is 0.0400. The molecular weight excluding hydrogens is 368 g/mol. The van der Waals surface area contributed by atoms with Gasteiger partial charge in [-0.15, -0.1) is 0 Å². The summed E-state index contributed by atoms with van der Waals surface area (Å²) in [7, 11) is 0. The van der Waals surface area contributed by atoms with Gasteiger partial charge in [0.25, 0.3) is 0 Å². The van der Waals surface area contributed by atoms with Gasteiger partial charge in [-0.25, -0.2) is 0 Å². The van der Waals surface area contributed by atoms with E-state index in [-0.39, 0.29) is 0 Å². The Labute approximate surface area is 167 Å². The lowest BCUT2D eigenvalue weighted by Crippen LogP contribution is -2.00. The molecule has 134 valence electrons. The van der Waals surface area contributed by atoms with Crippen molar-refractivity contribution in [3.63, 3.8) is 0 Å². The zero-order valence-electron chi connectivity index (χ0n) is 14.9. The third-order valence-corrected chi connectivity index (χ3v) is 5.64. The highest BCUT2D eigenvalue weighted by Gasteiger charge is 2.26. The van der Waals surface area contributed by atoms with Crippen LogP contribution in [0.15, 0.2) is 78.9 Å². The van der Waals surface area contributed by atoms with E-state index in [0.717, 1.165) is 45.6 Å². The largest absolute Gasteiger partial charge is 0.449 e. The Morgan fingerprint density at radius 3 is 2.21 bits per heavy atom. The van der Waals surface area contributed by atoms with E-state index in [1.807, 2.05) is 42.5 Å². The minimum absolute atomic E-state index is 0.733. The lowest BCUT2D eigenvalue weighted by molar-refractivity contribution is 0.359. The molecule has 1 aliphatic heterocycles. The first kappa shape index (κ1) is 15.8. The lowest BCUT2D eigenvalue weighted by Gasteiger charge is -2.22. The summed E-state index contributed by atoms with van der Waals surface area (Å²) < 4.78 is 12.4. The molecule has 4 aromatic carbocycles. The minimum atomic E-state index is 0.733. The zero-order chi connectivity index (χ0) is 18.7. The van der Waals surface area contributed by atoms with Gasteiger partial charge in [0.1, 0.15) is 0 Å². The van der Waals surface area contributed by atoms with Gasteiger partial charge in [0.05, 0.1) is 0 Å². The van der Waals surface area contributed by atoms with Crippen molar-refractivity contribution in [3.8, 4) is 45.3 Å². The average molecular weight is 383 g/mol. The highest BCUT2D eigenvalue weighted by molar-refractivity contribution is 6.31. The molecule has 4 aromatic rings. The molecule has 1 aliphatic carbocycles. The smallest absolute Gasteiger partial charge is 0.170 e. The average Bonchev–Trinajstić information content (AvgIpc) is 3.07. The van der Waals surface area contributed by atoms with Crippen molar-refractivity contribution in [3.05, 3.63) is 95.0 Å². The minimum Gasteiger partial charge on any atom is -0.449 e. The lowest BCUT2D eigenvalue weighted by atomic mass is 10.0. The second kappa shape index (κ2) is 5.88. The topological polar surface area (TPSA) is 18.5 Å². The molecule has 2 nitrogen and oxygen atoms in total. The first-order valence-corrected chi connectivity index (χ1v) is 9.63. The summed E-state index contributed by atoms with van der Waals surface area (Å²) in [5.41, 5.74) is 7.13. The molecule has 0 unspecified atom stereocenters. The van der Waals surface area contributed by atoms with E-state index in [9.17, 15) is 0 Å². The van der Waals surface area contributed by atoms with Gasteiger partial charge in [0.2, 0.25) is 0 Å². The van der Waals surface area contributed by atoms with Gasteiger partial charge < -0.3 is 9.47 Å². The molecule has 0 aromatic heterocycles. The zero-order valence-corrected chi connectivity index (χ0v) is 15.7. The van der Waals surface area contributed by atoms with Crippen LogP contribution in [0.5, 0.6) is 23.0 Å². The molecule has 1 heterocycles. The summed E-state index contributed by atoms with van der Waals surface area (Å²) in [5.74, 6) is 2.98. The molecular formula is C25H15ClO2. The standard InChI is InChI=1S/C25H15ClO2/c26-19-8-6-17-10-18-12-24-25(14-21(18)20(17)13-19)27-22-9-7-16(11-23(22)28-24)15-4-2-1-3-5-15/h1-9,11-14H,10H2. The van der Waals surface area contributed by atoms with Crippen LogP contribution in [0.25, 0.3) is 22.3 Å². The van der Waals surface area contributed by atoms with Gasteiger partial charge in [0.15, 0.2) is 23.0 Å². The molecule has 0 saturated heterocycles. The molecule has 0 spiro atoms. The van der Waals surface area contributed by atoms with Crippen LogP contribution in [0.4, 0.5) is 0 Å². The normalized spacial score (nSPS) is 12.9. The van der Waals surface area contributed by atoms with Crippen LogP contribution < -0.4 is 9.47 Å². The molecule has 0 fully saturated rings. The van der Waals surface area contributed by atoms with Crippen LogP contribution in [0.3, 0.4) is 0 Å². The van der Waals surface area contributed by atoms with E-state index in [1.54, 1.807) is 0 Å². The SMILES string of the molecule is Clc1ccc2c(c1)-c1cc3c(cc1C2)Oc1cc(-c2ccccc2)ccc1O3. The molecule has 6 rings (SSSR count). The maximum Gasteiger partial charge on any atom is 0.170 e. The van der Waals surface area contributed by atoms with Crippen molar-refractivity contribution in [2.24, 2.45) is 0 Å². The quantitative estimate of drug-likeness (QED) is 0.293.